The topological polar surface area (TPSA) is 57.8 Å². The highest BCUT2D eigenvalue weighted by molar-refractivity contribution is 5.94. The number of carbonyl (C=O) groups is 1. The lowest BCUT2D eigenvalue weighted by molar-refractivity contribution is 0.0951. The van der Waals surface area contributed by atoms with Crippen LogP contribution >= 0.6 is 0 Å². The number of nitrogens with one attached hydrogen (secondary N) is 2. The Morgan fingerprint density at radius 2 is 1.71 bits per heavy atom. The fraction of sp³-hybridized carbons (Fsp3) is 0.0588. The molecule has 0 aliphatic heterocycles. The van der Waals surface area contributed by atoms with Gasteiger partial charge in [-0.1, -0.05) is 42.5 Å². The Labute approximate surface area is 122 Å². The van der Waals surface area contributed by atoms with Crippen molar-refractivity contribution in [1.82, 2.24) is 15.5 Å². The largest absolute Gasteiger partial charge is 0.348 e. The van der Waals surface area contributed by atoms with E-state index in [4.69, 9.17) is 0 Å². The number of amides is 1. The van der Waals surface area contributed by atoms with E-state index in [-0.39, 0.29) is 5.91 Å². The van der Waals surface area contributed by atoms with Crippen molar-refractivity contribution in [1.29, 1.82) is 0 Å². The van der Waals surface area contributed by atoms with Crippen molar-refractivity contribution in [2.75, 3.05) is 0 Å². The standard InChI is InChI=1S/C17H15N3O/c21-17(18-10-13-11-19-20-12-13)16-8-6-15(7-9-16)14-4-2-1-3-5-14/h1-9,11-12H,10H2,(H,18,21)(H,19,20). The number of hydrogen-bond donors (Lipinski definition) is 2. The predicted octanol–water partition coefficient (Wildman–Crippen LogP) is 3.01. The molecule has 1 heterocycles. The molecule has 0 bridgehead atoms. The van der Waals surface area contributed by atoms with E-state index in [1.165, 1.54) is 0 Å². The van der Waals surface area contributed by atoms with Crippen LogP contribution in [0.3, 0.4) is 0 Å². The van der Waals surface area contributed by atoms with E-state index in [2.05, 4.69) is 15.5 Å². The highest BCUT2D eigenvalue weighted by Crippen LogP contribution is 2.19. The van der Waals surface area contributed by atoms with Crippen LogP contribution in [-0.2, 0) is 6.54 Å². The zero-order valence-corrected chi connectivity index (χ0v) is 11.4. The first kappa shape index (κ1) is 13.1. The molecule has 0 aliphatic rings. The molecule has 0 saturated carbocycles. The van der Waals surface area contributed by atoms with Crippen LogP contribution in [0.1, 0.15) is 15.9 Å². The lowest BCUT2D eigenvalue weighted by atomic mass is 10.0. The van der Waals surface area contributed by atoms with Gasteiger partial charge in [-0.25, -0.2) is 0 Å². The Balaban J connectivity index is 1.67. The van der Waals surface area contributed by atoms with Crippen LogP contribution in [0.15, 0.2) is 67.0 Å². The lowest BCUT2D eigenvalue weighted by Gasteiger charge is -2.05. The molecule has 0 saturated heterocycles. The summed E-state index contributed by atoms with van der Waals surface area (Å²) < 4.78 is 0. The predicted molar refractivity (Wildman–Crippen MR) is 81.6 cm³/mol. The van der Waals surface area contributed by atoms with E-state index in [9.17, 15) is 4.79 Å². The second-order valence-electron chi connectivity index (χ2n) is 4.73. The Morgan fingerprint density at radius 1 is 1.00 bits per heavy atom. The molecule has 0 unspecified atom stereocenters. The summed E-state index contributed by atoms with van der Waals surface area (Å²) in [4.78, 5) is 12.0. The molecule has 104 valence electrons. The molecule has 1 aromatic heterocycles. The van der Waals surface area contributed by atoms with Gasteiger partial charge >= 0.3 is 0 Å². The van der Waals surface area contributed by atoms with Gasteiger partial charge < -0.3 is 5.32 Å². The Morgan fingerprint density at radius 3 is 2.38 bits per heavy atom. The number of benzene rings is 2. The van der Waals surface area contributed by atoms with Crippen molar-refractivity contribution < 1.29 is 4.79 Å². The first-order valence-electron chi connectivity index (χ1n) is 6.74. The molecule has 3 aromatic rings. The molecule has 4 nitrogen and oxygen atoms in total. The third kappa shape index (κ3) is 3.17. The molecule has 0 aliphatic carbocycles. The number of hydrogen-bond acceptors (Lipinski definition) is 2. The summed E-state index contributed by atoms with van der Waals surface area (Å²) in [7, 11) is 0. The number of rotatable bonds is 4. The monoisotopic (exact) mass is 277 g/mol. The van der Waals surface area contributed by atoms with Crippen molar-refractivity contribution in [3.63, 3.8) is 0 Å². The molecule has 0 atom stereocenters. The van der Waals surface area contributed by atoms with E-state index in [1.807, 2.05) is 54.6 Å². The van der Waals surface area contributed by atoms with Crippen molar-refractivity contribution in [3.05, 3.63) is 78.1 Å². The summed E-state index contributed by atoms with van der Waals surface area (Å²) >= 11 is 0. The van der Waals surface area contributed by atoms with Gasteiger partial charge in [0.2, 0.25) is 0 Å². The number of aromatic amines is 1. The second kappa shape index (κ2) is 6.05. The quantitative estimate of drug-likeness (QED) is 0.770. The summed E-state index contributed by atoms with van der Waals surface area (Å²) in [6.07, 6.45) is 3.46. The molecule has 0 fully saturated rings. The fourth-order valence-electron chi connectivity index (χ4n) is 2.10. The summed E-state index contributed by atoms with van der Waals surface area (Å²) in [5.41, 5.74) is 3.84. The average Bonchev–Trinajstić information content (AvgIpc) is 3.07. The minimum atomic E-state index is -0.0872. The van der Waals surface area contributed by atoms with Crippen molar-refractivity contribution in [3.8, 4) is 11.1 Å². The second-order valence-corrected chi connectivity index (χ2v) is 4.73. The molecular weight excluding hydrogens is 262 g/mol. The van der Waals surface area contributed by atoms with Crippen LogP contribution in [-0.4, -0.2) is 16.1 Å². The highest BCUT2D eigenvalue weighted by Gasteiger charge is 2.06. The average molecular weight is 277 g/mol. The minimum absolute atomic E-state index is 0.0872. The van der Waals surface area contributed by atoms with Crippen molar-refractivity contribution in [2.24, 2.45) is 0 Å². The molecule has 1 amide bonds. The van der Waals surface area contributed by atoms with Crippen LogP contribution in [0.5, 0.6) is 0 Å². The van der Waals surface area contributed by atoms with Gasteiger partial charge in [-0.15, -0.1) is 0 Å². The summed E-state index contributed by atoms with van der Waals surface area (Å²) in [5.74, 6) is -0.0872. The first-order chi connectivity index (χ1) is 10.3. The summed E-state index contributed by atoms with van der Waals surface area (Å²) in [6.45, 7) is 0.468. The van der Waals surface area contributed by atoms with E-state index in [0.717, 1.165) is 16.7 Å². The normalized spacial score (nSPS) is 10.3. The van der Waals surface area contributed by atoms with E-state index in [1.54, 1.807) is 12.4 Å². The SMILES string of the molecule is O=C(NCc1cn[nH]c1)c1ccc(-c2ccccc2)cc1. The van der Waals surface area contributed by atoms with Crippen molar-refractivity contribution >= 4 is 5.91 Å². The van der Waals surface area contributed by atoms with E-state index >= 15 is 0 Å². The van der Waals surface area contributed by atoms with Crippen molar-refractivity contribution in [2.45, 2.75) is 6.54 Å². The highest BCUT2D eigenvalue weighted by atomic mass is 16.1. The molecule has 2 N–H and O–H groups in total. The molecule has 2 aromatic carbocycles. The third-order valence-corrected chi connectivity index (χ3v) is 3.26. The van der Waals surface area contributed by atoms with Gasteiger partial charge in [0.05, 0.1) is 6.20 Å². The van der Waals surface area contributed by atoms with Gasteiger partial charge in [0.15, 0.2) is 0 Å². The van der Waals surface area contributed by atoms with Gasteiger partial charge in [-0.2, -0.15) is 5.10 Å². The Bertz CT molecular complexity index is 704. The van der Waals surface area contributed by atoms with Gasteiger partial charge in [0.25, 0.3) is 5.91 Å². The minimum Gasteiger partial charge on any atom is -0.348 e. The van der Waals surface area contributed by atoms with Crippen LogP contribution in [0.2, 0.25) is 0 Å². The number of carbonyl (C=O) groups excluding carboxylic acids is 1. The fourth-order valence-corrected chi connectivity index (χ4v) is 2.10. The zero-order chi connectivity index (χ0) is 14.5. The Kier molecular flexibility index (Phi) is 3.78. The van der Waals surface area contributed by atoms with Crippen LogP contribution < -0.4 is 5.32 Å². The third-order valence-electron chi connectivity index (χ3n) is 3.26. The van der Waals surface area contributed by atoms with Crippen LogP contribution in [0.4, 0.5) is 0 Å². The van der Waals surface area contributed by atoms with Gasteiger partial charge in [-0.3, -0.25) is 9.89 Å². The van der Waals surface area contributed by atoms with E-state index in [0.29, 0.717) is 12.1 Å². The number of aromatic nitrogens is 2. The summed E-state index contributed by atoms with van der Waals surface area (Å²) in [5, 5.41) is 9.42. The molecular formula is C17H15N3O. The first-order valence-corrected chi connectivity index (χ1v) is 6.74. The lowest BCUT2D eigenvalue weighted by Crippen LogP contribution is -2.22. The maximum atomic E-state index is 12.0. The maximum Gasteiger partial charge on any atom is 0.251 e. The molecule has 0 spiro atoms. The molecule has 3 rings (SSSR count). The zero-order valence-electron chi connectivity index (χ0n) is 11.4. The Hall–Kier alpha value is -2.88. The van der Waals surface area contributed by atoms with Crippen LogP contribution in [0.25, 0.3) is 11.1 Å². The van der Waals surface area contributed by atoms with E-state index < -0.39 is 0 Å². The number of nitrogens with zero attached hydrogens (tertiary/aromatic N) is 1. The maximum absolute atomic E-state index is 12.0. The number of H-pyrrole nitrogens is 1. The van der Waals surface area contributed by atoms with Gasteiger partial charge in [0, 0.05) is 23.9 Å². The van der Waals surface area contributed by atoms with Gasteiger partial charge in [-0.05, 0) is 23.3 Å². The van der Waals surface area contributed by atoms with Gasteiger partial charge in [0.1, 0.15) is 0 Å². The molecule has 4 heteroatoms. The molecule has 21 heavy (non-hydrogen) atoms. The van der Waals surface area contributed by atoms with Crippen LogP contribution in [0, 0.1) is 0 Å². The summed E-state index contributed by atoms with van der Waals surface area (Å²) in [6, 6.07) is 17.7. The smallest absolute Gasteiger partial charge is 0.251 e. The molecule has 0 radical (unpaired) electrons.